The Hall–Kier alpha value is -0.460. The maximum Gasteiger partial charge on any atom is 0.257 e. The molecule has 0 aliphatic carbocycles. The van der Waals surface area contributed by atoms with Gasteiger partial charge in [-0.05, 0) is 31.5 Å². The van der Waals surface area contributed by atoms with Crippen LogP contribution in [0.4, 0.5) is 0 Å². The van der Waals surface area contributed by atoms with E-state index in [1.165, 1.54) is 0 Å². The third kappa shape index (κ3) is 7.77. The molecule has 6 nitrogen and oxygen atoms in total. The topological polar surface area (TPSA) is 88.0 Å². The van der Waals surface area contributed by atoms with Crippen molar-refractivity contribution in [3.8, 4) is 0 Å². The first-order chi connectivity index (χ1) is 10.9. The van der Waals surface area contributed by atoms with Crippen molar-refractivity contribution >= 4 is 19.0 Å². The summed E-state index contributed by atoms with van der Waals surface area (Å²) in [5, 5.41) is 13.7. The molecular weight excluding hydrogens is 341 g/mol. The summed E-state index contributed by atoms with van der Waals surface area (Å²) in [7, 11) is -3.76. The van der Waals surface area contributed by atoms with E-state index in [9.17, 15) is 14.6 Å². The minimum atomic E-state index is -3.76. The second-order valence-electron chi connectivity index (χ2n) is 5.07. The molecule has 132 valence electrons. The molecular formula is C15H25ClNO5P. The Morgan fingerprint density at radius 2 is 1.78 bits per heavy atom. The van der Waals surface area contributed by atoms with Crippen LogP contribution in [-0.4, -0.2) is 48.1 Å². The van der Waals surface area contributed by atoms with Crippen molar-refractivity contribution < 1.29 is 24.0 Å². The number of rotatable bonds is 11. The summed E-state index contributed by atoms with van der Waals surface area (Å²) in [5.41, 5.74) is 1.01. The molecule has 0 aliphatic rings. The minimum absolute atomic E-state index is 0.193. The Labute approximate surface area is 142 Å². The first-order valence-electron chi connectivity index (χ1n) is 7.57. The van der Waals surface area contributed by atoms with Crippen molar-refractivity contribution in [3.63, 3.8) is 0 Å². The Kier molecular flexibility index (Phi) is 9.32. The van der Waals surface area contributed by atoms with Gasteiger partial charge in [0.25, 0.3) is 7.37 Å². The molecule has 0 saturated carbocycles. The number of hydrogen-bond donors (Lipinski definition) is 3. The van der Waals surface area contributed by atoms with E-state index in [-0.39, 0.29) is 25.9 Å². The lowest BCUT2D eigenvalue weighted by Gasteiger charge is -2.24. The first-order valence-corrected chi connectivity index (χ1v) is 9.86. The minimum Gasteiger partial charge on any atom is -0.391 e. The van der Waals surface area contributed by atoms with Crippen molar-refractivity contribution in [1.82, 2.24) is 5.32 Å². The molecule has 2 unspecified atom stereocenters. The molecule has 0 heterocycles. The average Bonchev–Trinajstić information content (AvgIpc) is 2.48. The van der Waals surface area contributed by atoms with E-state index < -0.39 is 19.5 Å². The van der Waals surface area contributed by atoms with Gasteiger partial charge in [-0.2, -0.15) is 0 Å². The van der Waals surface area contributed by atoms with Crippen molar-refractivity contribution in [2.75, 3.05) is 25.9 Å². The smallest absolute Gasteiger partial charge is 0.257 e. The molecule has 0 saturated heterocycles. The molecule has 0 radical (unpaired) electrons. The van der Waals surface area contributed by atoms with Crippen LogP contribution < -0.4 is 5.32 Å². The zero-order valence-corrected chi connectivity index (χ0v) is 15.1. The Balaban J connectivity index is 2.42. The Bertz CT molecular complexity index is 493. The van der Waals surface area contributed by atoms with Gasteiger partial charge in [0, 0.05) is 31.3 Å². The number of benzene rings is 1. The SMILES string of the molecule is CCOC(OCC)P(=O)(O)CC(O)CNCc1ccc(Cl)cc1. The molecule has 0 bridgehead atoms. The largest absolute Gasteiger partial charge is 0.391 e. The number of halogens is 1. The molecule has 8 heteroatoms. The molecule has 1 aromatic carbocycles. The summed E-state index contributed by atoms with van der Waals surface area (Å²) in [5.74, 6) is 0. The van der Waals surface area contributed by atoms with Gasteiger partial charge >= 0.3 is 0 Å². The van der Waals surface area contributed by atoms with Crippen molar-refractivity contribution in [1.29, 1.82) is 0 Å². The molecule has 2 atom stereocenters. The van der Waals surface area contributed by atoms with Crippen molar-refractivity contribution in [3.05, 3.63) is 34.9 Å². The van der Waals surface area contributed by atoms with Crippen LogP contribution in [0.1, 0.15) is 19.4 Å². The van der Waals surface area contributed by atoms with E-state index in [0.717, 1.165) is 5.56 Å². The number of hydrogen-bond acceptors (Lipinski definition) is 5. The van der Waals surface area contributed by atoms with E-state index >= 15 is 0 Å². The van der Waals surface area contributed by atoms with Crippen LogP contribution >= 0.6 is 19.0 Å². The van der Waals surface area contributed by atoms with E-state index in [0.29, 0.717) is 11.6 Å². The Morgan fingerprint density at radius 1 is 1.22 bits per heavy atom. The summed E-state index contributed by atoms with van der Waals surface area (Å²) in [6, 6.07) is 6.12. The van der Waals surface area contributed by atoms with Gasteiger partial charge in [0.1, 0.15) is 0 Å². The fourth-order valence-corrected chi connectivity index (χ4v) is 3.80. The number of ether oxygens (including phenoxy) is 2. The quantitative estimate of drug-likeness (QED) is 0.412. The van der Waals surface area contributed by atoms with Crippen molar-refractivity contribution in [2.24, 2.45) is 0 Å². The third-order valence-electron chi connectivity index (χ3n) is 3.04. The van der Waals surface area contributed by atoms with Gasteiger partial charge in [0.15, 0.2) is 0 Å². The zero-order chi connectivity index (χ0) is 17.3. The second kappa shape index (κ2) is 10.4. The molecule has 0 spiro atoms. The van der Waals surface area contributed by atoms with Gasteiger partial charge in [0.2, 0.25) is 6.03 Å². The molecule has 0 aromatic heterocycles. The van der Waals surface area contributed by atoms with Gasteiger partial charge in [-0.25, -0.2) is 0 Å². The lowest BCUT2D eigenvalue weighted by atomic mass is 10.2. The molecule has 3 N–H and O–H groups in total. The molecule has 0 aliphatic heterocycles. The maximum atomic E-state index is 12.3. The maximum absolute atomic E-state index is 12.3. The fraction of sp³-hybridized carbons (Fsp3) is 0.600. The van der Waals surface area contributed by atoms with Crippen LogP contribution in [0, 0.1) is 0 Å². The van der Waals surface area contributed by atoms with Crippen LogP contribution in [0.2, 0.25) is 5.02 Å². The van der Waals surface area contributed by atoms with E-state index in [1.54, 1.807) is 26.0 Å². The summed E-state index contributed by atoms with van der Waals surface area (Å²) >= 11 is 5.81. The summed E-state index contributed by atoms with van der Waals surface area (Å²) < 4.78 is 22.6. The molecule has 23 heavy (non-hydrogen) atoms. The third-order valence-corrected chi connectivity index (χ3v) is 5.20. The summed E-state index contributed by atoms with van der Waals surface area (Å²) in [4.78, 5) is 10.1. The van der Waals surface area contributed by atoms with Gasteiger partial charge < -0.3 is 24.8 Å². The zero-order valence-electron chi connectivity index (χ0n) is 13.4. The lowest BCUT2D eigenvalue weighted by molar-refractivity contribution is -0.0876. The van der Waals surface area contributed by atoms with Gasteiger partial charge in [-0.3, -0.25) is 4.57 Å². The summed E-state index contributed by atoms with van der Waals surface area (Å²) in [6.45, 7) is 4.69. The highest BCUT2D eigenvalue weighted by molar-refractivity contribution is 7.58. The monoisotopic (exact) mass is 365 g/mol. The van der Waals surface area contributed by atoms with Gasteiger partial charge in [-0.1, -0.05) is 23.7 Å². The van der Waals surface area contributed by atoms with Gasteiger partial charge in [0.05, 0.1) is 12.3 Å². The van der Waals surface area contributed by atoms with E-state index in [4.69, 9.17) is 21.1 Å². The predicted molar refractivity (Wildman–Crippen MR) is 90.9 cm³/mol. The van der Waals surface area contributed by atoms with Gasteiger partial charge in [-0.15, -0.1) is 0 Å². The van der Waals surface area contributed by atoms with E-state index in [2.05, 4.69) is 5.32 Å². The second-order valence-corrected chi connectivity index (χ2v) is 7.80. The highest BCUT2D eigenvalue weighted by Crippen LogP contribution is 2.47. The number of aliphatic hydroxyl groups excluding tert-OH is 1. The van der Waals surface area contributed by atoms with Crippen LogP contribution in [0.25, 0.3) is 0 Å². The molecule has 0 amide bonds. The lowest BCUT2D eigenvalue weighted by Crippen LogP contribution is -2.31. The van der Waals surface area contributed by atoms with Crippen LogP contribution in [0.3, 0.4) is 0 Å². The predicted octanol–water partition coefficient (Wildman–Crippen LogP) is 2.42. The highest BCUT2D eigenvalue weighted by Gasteiger charge is 2.34. The van der Waals surface area contributed by atoms with Crippen LogP contribution in [0.15, 0.2) is 24.3 Å². The van der Waals surface area contributed by atoms with Crippen molar-refractivity contribution in [2.45, 2.75) is 32.5 Å². The Morgan fingerprint density at radius 3 is 2.30 bits per heavy atom. The molecule has 1 rings (SSSR count). The molecule has 0 fully saturated rings. The summed E-state index contributed by atoms with van der Waals surface area (Å²) in [6.07, 6.45) is -1.26. The molecule has 1 aromatic rings. The average molecular weight is 366 g/mol. The fourth-order valence-electron chi connectivity index (χ4n) is 2.00. The normalized spacial score (nSPS) is 15.6. The van der Waals surface area contributed by atoms with E-state index in [1.807, 2.05) is 12.1 Å². The van der Waals surface area contributed by atoms with Crippen LogP contribution in [-0.2, 0) is 20.6 Å². The highest BCUT2D eigenvalue weighted by atomic mass is 35.5. The number of aliphatic hydroxyl groups is 1. The first kappa shape index (κ1) is 20.6. The van der Waals surface area contributed by atoms with Crippen LogP contribution in [0.5, 0.6) is 0 Å². The number of nitrogens with one attached hydrogen (secondary N) is 1. The standard InChI is InChI=1S/C15H25ClNO5P/c1-3-21-15(22-4-2)23(19,20)11-14(18)10-17-9-12-5-7-13(16)8-6-12/h5-8,14-15,17-18H,3-4,9-11H2,1-2H3,(H,19,20).